The molecule has 114 valence electrons. The summed E-state index contributed by atoms with van der Waals surface area (Å²) < 4.78 is 0. The summed E-state index contributed by atoms with van der Waals surface area (Å²) in [5.74, 6) is 0.836. The molecule has 2 saturated heterocycles. The molecule has 0 spiro atoms. The summed E-state index contributed by atoms with van der Waals surface area (Å²) in [4.78, 5) is 16.0. The van der Waals surface area contributed by atoms with Gasteiger partial charge in [0, 0.05) is 26.1 Å². The molecule has 1 atom stereocenters. The Kier molecular flexibility index (Phi) is 4.29. The smallest absolute Gasteiger partial charge is 0.219 e. The first-order chi connectivity index (χ1) is 10.2. The van der Waals surface area contributed by atoms with Gasteiger partial charge in [-0.15, -0.1) is 0 Å². The normalized spacial score (nSPS) is 24.5. The van der Waals surface area contributed by atoms with Crippen LogP contribution in [0.25, 0.3) is 0 Å². The van der Waals surface area contributed by atoms with Gasteiger partial charge in [-0.2, -0.15) is 0 Å². The lowest BCUT2D eigenvalue weighted by Gasteiger charge is -2.33. The Labute approximate surface area is 127 Å². The molecule has 0 radical (unpaired) electrons. The second kappa shape index (κ2) is 6.18. The lowest BCUT2D eigenvalue weighted by Crippen LogP contribution is -2.36. The van der Waals surface area contributed by atoms with Gasteiger partial charge in [0.2, 0.25) is 5.91 Å². The van der Waals surface area contributed by atoms with E-state index in [1.54, 1.807) is 6.92 Å². The second-order valence-electron chi connectivity index (χ2n) is 6.55. The summed E-state index contributed by atoms with van der Waals surface area (Å²) in [5.41, 5.74) is 3.05. The minimum Gasteiger partial charge on any atom is -0.343 e. The molecule has 0 unspecified atom stereocenters. The van der Waals surface area contributed by atoms with Crippen LogP contribution in [0.4, 0.5) is 0 Å². The van der Waals surface area contributed by atoms with E-state index >= 15 is 0 Å². The van der Waals surface area contributed by atoms with E-state index < -0.39 is 0 Å². The lowest BCUT2D eigenvalue weighted by molar-refractivity contribution is -0.129. The quantitative estimate of drug-likeness (QED) is 0.833. The number of hydrogen-bond donors (Lipinski definition) is 0. The van der Waals surface area contributed by atoms with Crippen molar-refractivity contribution in [3.8, 4) is 0 Å². The highest BCUT2D eigenvalue weighted by molar-refractivity contribution is 5.73. The molecule has 0 saturated carbocycles. The van der Waals surface area contributed by atoms with Crippen LogP contribution in [-0.4, -0.2) is 42.4 Å². The summed E-state index contributed by atoms with van der Waals surface area (Å²) in [6.07, 6.45) is 4.79. The van der Waals surface area contributed by atoms with Crippen molar-refractivity contribution in [2.75, 3.05) is 26.7 Å². The van der Waals surface area contributed by atoms with Crippen LogP contribution < -0.4 is 0 Å². The number of nitrogens with zero attached hydrogens (tertiary/aromatic N) is 2. The minimum absolute atomic E-state index is 0.220. The molecule has 0 N–H and O–H groups in total. The van der Waals surface area contributed by atoms with Gasteiger partial charge < -0.3 is 4.90 Å². The van der Waals surface area contributed by atoms with Gasteiger partial charge in [0.25, 0.3) is 0 Å². The van der Waals surface area contributed by atoms with Crippen molar-refractivity contribution in [1.82, 2.24) is 9.80 Å². The standard InChI is InChI=1S/C18H26N2O/c1-14(21)20-12-9-15(10-13-20)16-6-3-4-7-17(16)18-8-5-11-19(18)2/h3-4,6-7,15,18H,5,8-13H2,1-2H3/t18-/m1/s1. The largest absolute Gasteiger partial charge is 0.343 e. The first kappa shape index (κ1) is 14.6. The fraction of sp³-hybridized carbons (Fsp3) is 0.611. The third-order valence-corrected chi connectivity index (χ3v) is 5.26. The van der Waals surface area contributed by atoms with E-state index in [9.17, 15) is 4.79 Å². The van der Waals surface area contributed by atoms with Crippen LogP contribution in [0.1, 0.15) is 55.7 Å². The molecule has 2 aliphatic heterocycles. The summed E-state index contributed by atoms with van der Waals surface area (Å²) >= 11 is 0. The van der Waals surface area contributed by atoms with Crippen molar-refractivity contribution in [1.29, 1.82) is 0 Å². The Balaban J connectivity index is 1.78. The van der Waals surface area contributed by atoms with Crippen LogP contribution in [0.3, 0.4) is 0 Å². The second-order valence-corrected chi connectivity index (χ2v) is 6.55. The number of rotatable bonds is 2. The average Bonchev–Trinajstić information content (AvgIpc) is 2.93. The molecule has 2 aliphatic rings. The number of carbonyl (C=O) groups is 1. The molecule has 2 heterocycles. The topological polar surface area (TPSA) is 23.6 Å². The molecule has 2 fully saturated rings. The van der Waals surface area contributed by atoms with Crippen LogP contribution >= 0.6 is 0 Å². The SMILES string of the molecule is CC(=O)N1CCC(c2ccccc2[C@H]2CCCN2C)CC1. The third-order valence-electron chi connectivity index (χ3n) is 5.26. The Hall–Kier alpha value is -1.35. The molecule has 3 heteroatoms. The number of piperidine rings is 1. The van der Waals surface area contributed by atoms with Crippen molar-refractivity contribution < 1.29 is 4.79 Å². The van der Waals surface area contributed by atoms with E-state index in [1.165, 1.54) is 30.5 Å². The molecule has 21 heavy (non-hydrogen) atoms. The van der Waals surface area contributed by atoms with Crippen molar-refractivity contribution in [3.05, 3.63) is 35.4 Å². The number of likely N-dealkylation sites (tertiary alicyclic amines) is 2. The number of amides is 1. The Morgan fingerprint density at radius 3 is 2.29 bits per heavy atom. The van der Waals surface area contributed by atoms with Crippen LogP contribution in [-0.2, 0) is 4.79 Å². The van der Waals surface area contributed by atoms with Gasteiger partial charge in [0.1, 0.15) is 0 Å². The highest BCUT2D eigenvalue weighted by Crippen LogP contribution is 2.38. The molecule has 1 aromatic rings. The first-order valence-electron chi connectivity index (χ1n) is 8.21. The fourth-order valence-corrected chi connectivity index (χ4v) is 3.99. The molecule has 0 bridgehead atoms. The molecule has 3 nitrogen and oxygen atoms in total. The van der Waals surface area contributed by atoms with Gasteiger partial charge in [0.05, 0.1) is 0 Å². The lowest BCUT2D eigenvalue weighted by atomic mass is 9.84. The van der Waals surface area contributed by atoms with Gasteiger partial charge in [-0.05, 0) is 56.3 Å². The van der Waals surface area contributed by atoms with Crippen molar-refractivity contribution in [3.63, 3.8) is 0 Å². The number of carbonyl (C=O) groups excluding carboxylic acids is 1. The van der Waals surface area contributed by atoms with Gasteiger partial charge >= 0.3 is 0 Å². The summed E-state index contributed by atoms with van der Waals surface area (Å²) in [5, 5.41) is 0. The van der Waals surface area contributed by atoms with E-state index in [2.05, 4.69) is 36.2 Å². The zero-order chi connectivity index (χ0) is 14.8. The monoisotopic (exact) mass is 286 g/mol. The van der Waals surface area contributed by atoms with Crippen molar-refractivity contribution >= 4 is 5.91 Å². The maximum atomic E-state index is 11.5. The highest BCUT2D eigenvalue weighted by atomic mass is 16.2. The van der Waals surface area contributed by atoms with Crippen LogP contribution in [0.2, 0.25) is 0 Å². The van der Waals surface area contributed by atoms with Gasteiger partial charge in [-0.25, -0.2) is 0 Å². The van der Waals surface area contributed by atoms with Crippen LogP contribution in [0, 0.1) is 0 Å². The molecule has 3 rings (SSSR count). The fourth-order valence-electron chi connectivity index (χ4n) is 3.99. The van der Waals surface area contributed by atoms with Gasteiger partial charge in [-0.3, -0.25) is 9.69 Å². The predicted octanol–water partition coefficient (Wildman–Crippen LogP) is 3.18. The highest BCUT2D eigenvalue weighted by Gasteiger charge is 2.28. The minimum atomic E-state index is 0.220. The maximum Gasteiger partial charge on any atom is 0.219 e. The molecule has 1 amide bonds. The molecular weight excluding hydrogens is 260 g/mol. The average molecular weight is 286 g/mol. The van der Waals surface area contributed by atoms with Gasteiger partial charge in [0.15, 0.2) is 0 Å². The maximum absolute atomic E-state index is 11.5. The predicted molar refractivity (Wildman–Crippen MR) is 85.3 cm³/mol. The van der Waals surface area contributed by atoms with E-state index in [0.29, 0.717) is 12.0 Å². The van der Waals surface area contributed by atoms with E-state index in [0.717, 1.165) is 25.9 Å². The van der Waals surface area contributed by atoms with E-state index in [-0.39, 0.29) is 5.91 Å². The van der Waals surface area contributed by atoms with E-state index in [1.807, 2.05) is 4.90 Å². The zero-order valence-corrected chi connectivity index (χ0v) is 13.2. The Bertz CT molecular complexity index is 506. The molecular formula is C18H26N2O. The summed E-state index contributed by atoms with van der Waals surface area (Å²) in [6.45, 7) is 4.72. The Morgan fingerprint density at radius 1 is 1.05 bits per heavy atom. The van der Waals surface area contributed by atoms with Crippen LogP contribution in [0.5, 0.6) is 0 Å². The zero-order valence-electron chi connectivity index (χ0n) is 13.2. The van der Waals surface area contributed by atoms with Crippen molar-refractivity contribution in [2.24, 2.45) is 0 Å². The van der Waals surface area contributed by atoms with Crippen molar-refractivity contribution in [2.45, 2.75) is 44.6 Å². The van der Waals surface area contributed by atoms with Gasteiger partial charge in [-0.1, -0.05) is 24.3 Å². The van der Waals surface area contributed by atoms with E-state index in [4.69, 9.17) is 0 Å². The first-order valence-corrected chi connectivity index (χ1v) is 8.21. The molecule has 1 aromatic carbocycles. The summed E-state index contributed by atoms with van der Waals surface area (Å²) in [7, 11) is 2.24. The third kappa shape index (κ3) is 2.98. The molecule has 0 aromatic heterocycles. The van der Waals surface area contributed by atoms with Crippen LogP contribution in [0.15, 0.2) is 24.3 Å². The number of hydrogen-bond acceptors (Lipinski definition) is 2. The number of benzene rings is 1. The Morgan fingerprint density at radius 2 is 1.71 bits per heavy atom. The molecule has 0 aliphatic carbocycles. The summed E-state index contributed by atoms with van der Waals surface area (Å²) in [6, 6.07) is 9.57.